The van der Waals surface area contributed by atoms with E-state index in [1.165, 1.54) is 25.2 Å². The van der Waals surface area contributed by atoms with Gasteiger partial charge in [0.25, 0.3) is 0 Å². The van der Waals surface area contributed by atoms with Crippen LogP contribution in [0.4, 0.5) is 8.78 Å². The molecule has 0 fully saturated rings. The first kappa shape index (κ1) is 25.9. The van der Waals surface area contributed by atoms with Crippen molar-refractivity contribution in [1.82, 2.24) is 4.72 Å². The minimum Gasteiger partial charge on any atom is -0.403 e. The van der Waals surface area contributed by atoms with Gasteiger partial charge in [-0.1, -0.05) is 26.0 Å². The Morgan fingerprint density at radius 2 is 1.84 bits per heavy atom. The van der Waals surface area contributed by atoms with Crippen LogP contribution < -0.4 is 21.9 Å². The molecule has 0 aliphatic rings. The maximum atomic E-state index is 12.3. The highest BCUT2D eigenvalue weighted by Crippen LogP contribution is 2.17. The highest BCUT2D eigenvalue weighted by Gasteiger charge is 2.03. The lowest BCUT2D eigenvalue weighted by atomic mass is 10.0. The first-order valence-electron chi connectivity index (χ1n) is 8.41. The molecule has 7 heteroatoms. The maximum Gasteiger partial charge on any atom is 0.0923 e. The molecule has 0 unspecified atom stereocenters. The Labute approximate surface area is 155 Å². The van der Waals surface area contributed by atoms with Gasteiger partial charge in [-0.15, -0.1) is 0 Å². The molecule has 7 N–H and O–H groups in total. The van der Waals surface area contributed by atoms with Crippen LogP contribution >= 0.6 is 11.9 Å². The van der Waals surface area contributed by atoms with Crippen LogP contribution in [0.3, 0.4) is 0 Å². The van der Waals surface area contributed by atoms with Gasteiger partial charge in [0.2, 0.25) is 0 Å². The first-order chi connectivity index (χ1) is 12.1. The number of rotatable bonds is 9. The summed E-state index contributed by atoms with van der Waals surface area (Å²) in [6.07, 6.45) is 3.58. The van der Waals surface area contributed by atoms with Crippen molar-refractivity contribution in [2.45, 2.75) is 38.0 Å². The van der Waals surface area contributed by atoms with Crippen LogP contribution in [0.25, 0.3) is 0 Å². The Balaban J connectivity index is 0. The standard InChI is InChI=1S/C13H19F2NS.C4H10N2.CH5N/c1-11(10-15)9-12-3-5-13(6-4-12)17-16-8-2-7-14;1-2-4(6)3-5;1-2/h3-6,11,16H,2,7-10H2,1H3;3H,2,5-6H2,1H3;2H2,1H3/b;4-3-;/t11-;;/m0../s1. The van der Waals surface area contributed by atoms with Crippen molar-refractivity contribution in [3.05, 3.63) is 41.7 Å². The van der Waals surface area contributed by atoms with Crippen LogP contribution in [0.2, 0.25) is 0 Å². The molecule has 1 rings (SSSR count). The number of benzene rings is 1. The van der Waals surface area contributed by atoms with E-state index in [1.54, 1.807) is 0 Å². The van der Waals surface area contributed by atoms with Gasteiger partial charge >= 0.3 is 0 Å². The van der Waals surface area contributed by atoms with Gasteiger partial charge in [-0.05, 0) is 61.9 Å². The Morgan fingerprint density at radius 3 is 2.24 bits per heavy atom. The normalized spacial score (nSPS) is 11.7. The molecule has 0 amide bonds. The average molecular weight is 377 g/mol. The fourth-order valence-electron chi connectivity index (χ4n) is 1.54. The molecule has 0 spiro atoms. The summed E-state index contributed by atoms with van der Waals surface area (Å²) >= 11 is 1.50. The molecule has 0 saturated heterocycles. The highest BCUT2D eigenvalue weighted by molar-refractivity contribution is 7.97. The molecule has 0 radical (unpaired) electrons. The highest BCUT2D eigenvalue weighted by atomic mass is 32.2. The van der Waals surface area contributed by atoms with Crippen LogP contribution in [0, 0.1) is 5.92 Å². The van der Waals surface area contributed by atoms with E-state index in [-0.39, 0.29) is 19.3 Å². The lowest BCUT2D eigenvalue weighted by Gasteiger charge is -2.07. The Hall–Kier alpha value is -1.31. The van der Waals surface area contributed by atoms with Gasteiger partial charge in [0.15, 0.2) is 0 Å². The summed E-state index contributed by atoms with van der Waals surface area (Å²) in [4.78, 5) is 1.10. The predicted octanol–water partition coefficient (Wildman–Crippen LogP) is 3.52. The van der Waals surface area contributed by atoms with Gasteiger partial charge in [-0.25, -0.2) is 0 Å². The van der Waals surface area contributed by atoms with E-state index in [0.717, 1.165) is 29.0 Å². The minimum atomic E-state index is -0.284. The fraction of sp³-hybridized carbons (Fsp3) is 0.556. The van der Waals surface area contributed by atoms with E-state index >= 15 is 0 Å². The minimum absolute atomic E-state index is 0.0798. The molecular formula is C18H34F2N4S. The summed E-state index contributed by atoms with van der Waals surface area (Å²) in [6.45, 7) is 3.97. The fourth-order valence-corrected chi connectivity index (χ4v) is 2.23. The summed E-state index contributed by atoms with van der Waals surface area (Å²) in [5.74, 6) is 0.0798. The van der Waals surface area contributed by atoms with Crippen molar-refractivity contribution in [3.8, 4) is 0 Å². The van der Waals surface area contributed by atoms with Crippen LogP contribution in [0.5, 0.6) is 0 Å². The number of halogens is 2. The molecule has 1 atom stereocenters. The van der Waals surface area contributed by atoms with Crippen molar-refractivity contribution in [1.29, 1.82) is 0 Å². The third-order valence-corrected chi connectivity index (χ3v) is 3.85. The molecule has 0 aliphatic heterocycles. The number of hydrogen-bond acceptors (Lipinski definition) is 5. The van der Waals surface area contributed by atoms with Crippen LogP contribution in [0.15, 0.2) is 41.1 Å². The number of allylic oxidation sites excluding steroid dienone is 1. The Kier molecular flexibility index (Phi) is 19.7. The lowest BCUT2D eigenvalue weighted by Crippen LogP contribution is -2.05. The van der Waals surface area contributed by atoms with Crippen molar-refractivity contribution >= 4 is 11.9 Å². The zero-order valence-electron chi connectivity index (χ0n) is 15.6. The zero-order valence-corrected chi connectivity index (χ0v) is 16.4. The second-order valence-electron chi connectivity index (χ2n) is 5.24. The summed E-state index contributed by atoms with van der Waals surface area (Å²) < 4.78 is 27.3. The van der Waals surface area contributed by atoms with Crippen molar-refractivity contribution in [3.63, 3.8) is 0 Å². The molecule has 1 aromatic rings. The van der Waals surface area contributed by atoms with E-state index in [1.807, 2.05) is 38.1 Å². The summed E-state index contributed by atoms with van der Waals surface area (Å²) in [5, 5.41) is 0. The molecule has 146 valence electrons. The Morgan fingerprint density at radius 1 is 1.24 bits per heavy atom. The second kappa shape index (κ2) is 19.0. The number of alkyl halides is 2. The van der Waals surface area contributed by atoms with Gasteiger partial charge in [0.1, 0.15) is 0 Å². The number of hydrogen-bond donors (Lipinski definition) is 4. The molecule has 0 saturated carbocycles. The van der Waals surface area contributed by atoms with E-state index in [9.17, 15) is 8.78 Å². The van der Waals surface area contributed by atoms with Crippen molar-refractivity contribution in [2.75, 3.05) is 26.9 Å². The average Bonchev–Trinajstić information content (AvgIpc) is 2.67. The quantitative estimate of drug-likeness (QED) is 0.391. The molecule has 0 aromatic heterocycles. The molecule has 4 nitrogen and oxygen atoms in total. The van der Waals surface area contributed by atoms with Gasteiger partial charge in [-0.2, -0.15) is 0 Å². The third kappa shape index (κ3) is 15.9. The van der Waals surface area contributed by atoms with Crippen LogP contribution in [0.1, 0.15) is 32.3 Å². The van der Waals surface area contributed by atoms with Crippen LogP contribution in [-0.4, -0.2) is 26.9 Å². The number of nitrogens with one attached hydrogen (secondary N) is 1. The SMILES string of the molecule is CC/C(N)=C/N.CN.C[C@H](CF)Cc1ccc(SNCCCF)cc1. The molecular weight excluding hydrogens is 342 g/mol. The molecule has 25 heavy (non-hydrogen) atoms. The summed E-state index contributed by atoms with van der Waals surface area (Å²) in [6, 6.07) is 8.05. The van der Waals surface area contributed by atoms with Gasteiger partial charge in [0, 0.05) is 23.3 Å². The van der Waals surface area contributed by atoms with E-state index in [0.29, 0.717) is 13.0 Å². The maximum absolute atomic E-state index is 12.3. The van der Waals surface area contributed by atoms with E-state index in [4.69, 9.17) is 11.5 Å². The monoisotopic (exact) mass is 376 g/mol. The largest absolute Gasteiger partial charge is 0.403 e. The van der Waals surface area contributed by atoms with Crippen molar-refractivity contribution < 1.29 is 8.78 Å². The van der Waals surface area contributed by atoms with E-state index < -0.39 is 0 Å². The smallest absolute Gasteiger partial charge is 0.0923 e. The Bertz CT molecular complexity index is 428. The number of nitrogens with two attached hydrogens (primary N) is 3. The third-order valence-electron chi connectivity index (χ3n) is 3.00. The van der Waals surface area contributed by atoms with Crippen molar-refractivity contribution in [2.24, 2.45) is 23.1 Å². The molecule has 0 bridgehead atoms. The van der Waals surface area contributed by atoms with Gasteiger partial charge < -0.3 is 17.2 Å². The molecule has 1 aromatic carbocycles. The summed E-state index contributed by atoms with van der Waals surface area (Å²) in [7, 11) is 1.50. The topological polar surface area (TPSA) is 90.1 Å². The van der Waals surface area contributed by atoms with Gasteiger partial charge in [-0.3, -0.25) is 13.5 Å². The van der Waals surface area contributed by atoms with Gasteiger partial charge in [0.05, 0.1) is 13.3 Å². The zero-order chi connectivity index (χ0) is 19.5. The summed E-state index contributed by atoms with van der Waals surface area (Å²) in [5.41, 5.74) is 16.6. The second-order valence-corrected chi connectivity index (χ2v) is 6.21. The van der Waals surface area contributed by atoms with Crippen LogP contribution in [-0.2, 0) is 6.42 Å². The predicted molar refractivity (Wildman–Crippen MR) is 107 cm³/mol. The van der Waals surface area contributed by atoms with E-state index in [2.05, 4.69) is 10.5 Å². The first-order valence-corrected chi connectivity index (χ1v) is 9.23. The molecule has 0 aliphatic carbocycles. The molecule has 0 heterocycles. The lowest BCUT2D eigenvalue weighted by molar-refractivity contribution is 0.381.